The molecule has 2 atom stereocenters. The normalized spacial score (nSPS) is 23.3. The van der Waals surface area contributed by atoms with Gasteiger partial charge >= 0.3 is 5.97 Å². The Hall–Kier alpha value is -1.36. The topological polar surface area (TPSA) is 55.4 Å². The van der Waals surface area contributed by atoms with Gasteiger partial charge in [0.15, 0.2) is 0 Å². The van der Waals surface area contributed by atoms with E-state index in [1.165, 1.54) is 4.88 Å². The molecule has 21 heavy (non-hydrogen) atoms. The monoisotopic (exact) mass is 307 g/mol. The molecule has 114 valence electrons. The van der Waals surface area contributed by atoms with Crippen molar-refractivity contribution < 1.29 is 14.3 Å². The number of fused-ring (bicyclic) bond motifs is 1. The van der Waals surface area contributed by atoms with E-state index in [-0.39, 0.29) is 17.8 Å². The molecule has 0 aromatic carbocycles. The third-order valence-electron chi connectivity index (χ3n) is 4.33. The molecule has 1 aromatic rings. The van der Waals surface area contributed by atoms with Gasteiger partial charge in [0.2, 0.25) is 5.91 Å². The van der Waals surface area contributed by atoms with Crippen LogP contribution in [0.4, 0.5) is 5.00 Å². The highest BCUT2D eigenvalue weighted by atomic mass is 32.1. The minimum atomic E-state index is -0.295. The molecule has 1 aromatic heterocycles. The van der Waals surface area contributed by atoms with Crippen molar-refractivity contribution in [1.82, 2.24) is 0 Å². The Morgan fingerprint density at radius 1 is 1.33 bits per heavy atom. The number of aryl methyl sites for hydroxylation is 1. The molecule has 4 nitrogen and oxygen atoms in total. The second kappa shape index (κ2) is 5.79. The van der Waals surface area contributed by atoms with Crippen molar-refractivity contribution in [2.45, 2.75) is 46.0 Å². The molecule has 2 unspecified atom stereocenters. The standard InChI is InChI=1S/C16H21NO3S/c1-3-20-16(19)13-10-6-4-5-7-12(10)21-15(13)17-14(18)11-8-9(11)2/h9,11H,3-8H2,1-2H3,(H,17,18). The molecule has 0 spiro atoms. The summed E-state index contributed by atoms with van der Waals surface area (Å²) in [5.41, 5.74) is 1.71. The summed E-state index contributed by atoms with van der Waals surface area (Å²) in [5, 5.41) is 3.68. The number of rotatable bonds is 4. The number of esters is 1. The number of anilines is 1. The number of hydrogen-bond donors (Lipinski definition) is 1. The Labute approximate surface area is 128 Å². The highest BCUT2D eigenvalue weighted by Crippen LogP contribution is 2.42. The van der Waals surface area contributed by atoms with Gasteiger partial charge in [0.1, 0.15) is 5.00 Å². The summed E-state index contributed by atoms with van der Waals surface area (Å²) in [4.78, 5) is 25.7. The summed E-state index contributed by atoms with van der Waals surface area (Å²) in [5.74, 6) is 0.326. The highest BCUT2D eigenvalue weighted by Gasteiger charge is 2.40. The molecule has 1 N–H and O–H groups in total. The highest BCUT2D eigenvalue weighted by molar-refractivity contribution is 7.17. The lowest BCUT2D eigenvalue weighted by atomic mass is 9.95. The number of thiophene rings is 1. The van der Waals surface area contributed by atoms with Gasteiger partial charge in [-0.15, -0.1) is 11.3 Å². The van der Waals surface area contributed by atoms with Gasteiger partial charge in [-0.2, -0.15) is 0 Å². The molecule has 3 rings (SSSR count). The summed E-state index contributed by atoms with van der Waals surface area (Å²) in [6.07, 6.45) is 5.12. The predicted octanol–water partition coefficient (Wildman–Crippen LogP) is 3.40. The molecular formula is C16H21NO3S. The molecule has 1 fully saturated rings. The van der Waals surface area contributed by atoms with Gasteiger partial charge in [0, 0.05) is 10.8 Å². The first-order valence-electron chi connectivity index (χ1n) is 7.74. The van der Waals surface area contributed by atoms with Crippen molar-refractivity contribution in [2.24, 2.45) is 11.8 Å². The number of nitrogens with one attached hydrogen (secondary N) is 1. The second-order valence-corrected chi connectivity index (χ2v) is 7.05. The number of ether oxygens (including phenoxy) is 1. The minimum absolute atomic E-state index is 0.0478. The quantitative estimate of drug-likeness (QED) is 0.867. The third kappa shape index (κ3) is 2.84. The van der Waals surface area contributed by atoms with Gasteiger partial charge in [-0.3, -0.25) is 4.79 Å². The average Bonchev–Trinajstić information content (AvgIpc) is 3.08. The van der Waals surface area contributed by atoms with Crippen LogP contribution >= 0.6 is 11.3 Å². The van der Waals surface area contributed by atoms with Crippen LogP contribution in [0.3, 0.4) is 0 Å². The van der Waals surface area contributed by atoms with E-state index in [0.29, 0.717) is 23.1 Å². The van der Waals surface area contributed by atoms with Crippen LogP contribution in [-0.4, -0.2) is 18.5 Å². The van der Waals surface area contributed by atoms with E-state index < -0.39 is 0 Å². The van der Waals surface area contributed by atoms with E-state index in [4.69, 9.17) is 4.74 Å². The lowest BCUT2D eigenvalue weighted by molar-refractivity contribution is -0.117. The third-order valence-corrected chi connectivity index (χ3v) is 5.54. The molecule has 0 radical (unpaired) electrons. The van der Waals surface area contributed by atoms with Crippen molar-refractivity contribution in [3.63, 3.8) is 0 Å². The zero-order valence-electron chi connectivity index (χ0n) is 12.5. The Bertz CT molecular complexity index is 578. The van der Waals surface area contributed by atoms with Crippen molar-refractivity contribution >= 4 is 28.2 Å². The molecule has 1 heterocycles. The van der Waals surface area contributed by atoms with E-state index in [9.17, 15) is 9.59 Å². The summed E-state index contributed by atoms with van der Waals surface area (Å²) in [6, 6.07) is 0. The Balaban J connectivity index is 1.89. The lowest BCUT2D eigenvalue weighted by Crippen LogP contribution is -2.17. The van der Waals surface area contributed by atoms with Crippen LogP contribution in [0.15, 0.2) is 0 Å². The fourth-order valence-corrected chi connectivity index (χ4v) is 4.25. The fourth-order valence-electron chi connectivity index (χ4n) is 2.97. The van der Waals surface area contributed by atoms with Crippen LogP contribution in [0.2, 0.25) is 0 Å². The van der Waals surface area contributed by atoms with Crippen LogP contribution in [-0.2, 0) is 22.4 Å². The maximum atomic E-state index is 12.3. The summed E-state index contributed by atoms with van der Waals surface area (Å²) >= 11 is 1.56. The van der Waals surface area contributed by atoms with Crippen molar-refractivity contribution in [2.75, 3.05) is 11.9 Å². The number of hydrogen-bond acceptors (Lipinski definition) is 4. The van der Waals surface area contributed by atoms with Gasteiger partial charge < -0.3 is 10.1 Å². The molecule has 0 aliphatic heterocycles. The minimum Gasteiger partial charge on any atom is -0.462 e. The van der Waals surface area contributed by atoms with Crippen molar-refractivity contribution in [3.8, 4) is 0 Å². The van der Waals surface area contributed by atoms with E-state index in [1.54, 1.807) is 18.3 Å². The van der Waals surface area contributed by atoms with Crippen LogP contribution in [0.25, 0.3) is 0 Å². The lowest BCUT2D eigenvalue weighted by Gasteiger charge is -2.12. The maximum absolute atomic E-state index is 12.3. The molecular weight excluding hydrogens is 286 g/mol. The molecule has 5 heteroatoms. The number of carbonyl (C=O) groups is 2. The van der Waals surface area contributed by atoms with Gasteiger partial charge in [-0.25, -0.2) is 4.79 Å². The first-order valence-corrected chi connectivity index (χ1v) is 8.56. The predicted molar refractivity (Wildman–Crippen MR) is 82.8 cm³/mol. The van der Waals surface area contributed by atoms with Crippen molar-refractivity contribution in [3.05, 3.63) is 16.0 Å². The largest absolute Gasteiger partial charge is 0.462 e. The van der Waals surface area contributed by atoms with Crippen molar-refractivity contribution in [1.29, 1.82) is 0 Å². The van der Waals surface area contributed by atoms with E-state index in [2.05, 4.69) is 12.2 Å². The molecule has 2 aliphatic rings. The number of carbonyl (C=O) groups excluding carboxylic acids is 2. The zero-order chi connectivity index (χ0) is 15.0. The maximum Gasteiger partial charge on any atom is 0.341 e. The Morgan fingerprint density at radius 2 is 2.05 bits per heavy atom. The fraction of sp³-hybridized carbons (Fsp3) is 0.625. The summed E-state index contributed by atoms with van der Waals surface area (Å²) in [6.45, 7) is 4.24. The smallest absolute Gasteiger partial charge is 0.341 e. The van der Waals surface area contributed by atoms with E-state index >= 15 is 0 Å². The van der Waals surface area contributed by atoms with Crippen LogP contribution in [0.1, 0.15) is 53.9 Å². The van der Waals surface area contributed by atoms with Gasteiger partial charge in [0.25, 0.3) is 0 Å². The Morgan fingerprint density at radius 3 is 2.71 bits per heavy atom. The first kappa shape index (κ1) is 14.6. The average molecular weight is 307 g/mol. The zero-order valence-corrected chi connectivity index (χ0v) is 13.3. The molecule has 0 bridgehead atoms. The molecule has 0 saturated heterocycles. The molecule has 2 aliphatic carbocycles. The summed E-state index contributed by atoms with van der Waals surface area (Å²) < 4.78 is 5.19. The van der Waals surface area contributed by atoms with Crippen LogP contribution in [0, 0.1) is 11.8 Å². The van der Waals surface area contributed by atoms with E-state index in [1.807, 2.05) is 0 Å². The van der Waals surface area contributed by atoms with Crippen LogP contribution < -0.4 is 5.32 Å². The van der Waals surface area contributed by atoms with E-state index in [0.717, 1.165) is 37.7 Å². The van der Waals surface area contributed by atoms with Gasteiger partial charge in [0.05, 0.1) is 12.2 Å². The summed E-state index contributed by atoms with van der Waals surface area (Å²) in [7, 11) is 0. The SMILES string of the molecule is CCOC(=O)c1c(NC(=O)C2CC2C)sc2c1CCCC2. The second-order valence-electron chi connectivity index (χ2n) is 5.94. The van der Waals surface area contributed by atoms with Gasteiger partial charge in [-0.1, -0.05) is 6.92 Å². The molecule has 1 amide bonds. The molecule has 1 saturated carbocycles. The first-order chi connectivity index (χ1) is 10.1. The van der Waals surface area contributed by atoms with Gasteiger partial charge in [-0.05, 0) is 50.5 Å². The number of amides is 1. The Kier molecular flexibility index (Phi) is 4.02. The van der Waals surface area contributed by atoms with Crippen LogP contribution in [0.5, 0.6) is 0 Å².